The predicted molar refractivity (Wildman–Crippen MR) is 286 cm³/mol. The van der Waals surface area contributed by atoms with E-state index in [9.17, 15) is 58.8 Å². The number of aliphatic hydroxyl groups is 2. The molecule has 25 heteroatoms. The third kappa shape index (κ3) is 15.9. The molecule has 23 nitrogen and oxygen atoms in total. The molecule has 1 aliphatic heterocycles. The van der Waals surface area contributed by atoms with Crippen molar-refractivity contribution >= 4 is 90.7 Å². The summed E-state index contributed by atoms with van der Waals surface area (Å²) in [5.41, 5.74) is 15.6. The number of aromatic nitrogens is 2. The van der Waals surface area contributed by atoms with Gasteiger partial charge >= 0.3 is 5.97 Å². The van der Waals surface area contributed by atoms with Gasteiger partial charge in [-0.2, -0.15) is 0 Å². The van der Waals surface area contributed by atoms with Crippen molar-refractivity contribution in [3.63, 3.8) is 0 Å². The molecule has 0 spiro atoms. The number of unbranched alkanes of at least 4 members (excludes halogenated alkanes) is 1. The molecule has 3 aromatic carbocycles. The molecule has 1 fully saturated rings. The number of hydrogen-bond acceptors (Lipinski definition) is 15. The monoisotopic (exact) mass is 1090 g/mol. The molecule has 6 rings (SSSR count). The largest absolute Gasteiger partial charge is 0.508 e. The number of carbonyl (C=O) groups excluding carboxylic acids is 7. The molecule has 0 unspecified atom stereocenters. The van der Waals surface area contributed by atoms with Crippen LogP contribution >= 0.6 is 21.6 Å². The van der Waals surface area contributed by atoms with Gasteiger partial charge in [-0.1, -0.05) is 70.1 Å². The Labute approximate surface area is 445 Å². The van der Waals surface area contributed by atoms with Crippen LogP contribution in [-0.2, 0) is 57.6 Å². The number of nitrogens with two attached hydrogens (primary N) is 2. The fourth-order valence-corrected chi connectivity index (χ4v) is 10.8. The molecule has 0 bridgehead atoms. The van der Waals surface area contributed by atoms with E-state index in [2.05, 4.69) is 47.2 Å². The summed E-state index contributed by atoms with van der Waals surface area (Å²) < 4.78 is 0. The lowest BCUT2D eigenvalue weighted by molar-refractivity contribution is -0.145. The van der Waals surface area contributed by atoms with Crippen LogP contribution in [0.5, 0.6) is 5.75 Å². The van der Waals surface area contributed by atoms with Gasteiger partial charge in [-0.05, 0) is 87.0 Å². The number of phenols is 1. The number of phenolic OH excluding ortho intramolecular Hbond substituents is 1. The fourth-order valence-electron chi connectivity index (χ4n) is 8.46. The molecule has 17 N–H and O–H groups in total. The first-order chi connectivity index (χ1) is 36.3. The van der Waals surface area contributed by atoms with E-state index in [0.717, 1.165) is 55.9 Å². The minimum atomic E-state index is -1.82. The maximum absolute atomic E-state index is 14.8. The average molecular weight is 1090 g/mol. The van der Waals surface area contributed by atoms with Gasteiger partial charge in [0.25, 0.3) is 0 Å². The van der Waals surface area contributed by atoms with Gasteiger partial charge in [-0.25, -0.2) is 4.79 Å². The number of fused-ring (bicyclic) bond motifs is 2. The van der Waals surface area contributed by atoms with Crippen LogP contribution in [0.1, 0.15) is 49.8 Å². The number of aromatic amines is 2. The summed E-state index contributed by atoms with van der Waals surface area (Å²) in [5.74, 6) is -8.65. The summed E-state index contributed by atoms with van der Waals surface area (Å²) in [6, 6.07) is 8.39. The second-order valence-electron chi connectivity index (χ2n) is 18.6. The lowest BCUT2D eigenvalue weighted by Gasteiger charge is -2.29. The Morgan fingerprint density at radius 1 is 0.697 bits per heavy atom. The van der Waals surface area contributed by atoms with E-state index in [-0.39, 0.29) is 49.5 Å². The summed E-state index contributed by atoms with van der Waals surface area (Å²) in [6.45, 7) is 2.56. The molecule has 76 heavy (non-hydrogen) atoms. The number of benzene rings is 3. The Balaban J connectivity index is 1.40. The first kappa shape index (κ1) is 58.1. The first-order valence-corrected chi connectivity index (χ1v) is 27.1. The molecule has 3 heterocycles. The van der Waals surface area contributed by atoms with Crippen molar-refractivity contribution in [3.05, 3.63) is 102 Å². The van der Waals surface area contributed by atoms with Gasteiger partial charge in [-0.3, -0.25) is 33.6 Å². The molecule has 10 atom stereocenters. The standard InChI is InChI=1S/C51H65N11O12S2/c1-26(63)42-50(72)60-41(49(71)62-43(27(2)64)51(73)74)25-76-75-24-40(59-44(66)34(53)20-29-22-54-35-11-5-3-9-32(29)35)48(70)57-38(19-28-14-16-31(65)17-15-28)46(68)58-39(21-30-23-55-36-12-6-4-10-33(30)36)47(69)56-37(45(67)61-42)13-7-8-18-52/h3-6,9-12,14-17,22-23,26-27,34,37-43,54-55,63-65H,7-8,13,18-21,24-25,52-53H2,1-2H3,(H,56,69)(H,57,70)(H,58,68)(H,59,66)(H,60,72)(H,61,67)(H,62,71)(H,73,74)/t26-,27-,34-,37+,38+,39-,40+,41+,42+,43+/m1/s1. The molecular weight excluding hydrogens is 1020 g/mol. The van der Waals surface area contributed by atoms with Gasteiger partial charge in [-0.15, -0.1) is 0 Å². The number of rotatable bonds is 17. The number of carboxylic acids is 1. The van der Waals surface area contributed by atoms with Crippen LogP contribution in [0, 0.1) is 0 Å². The number of nitrogens with one attached hydrogen (secondary N) is 9. The second kappa shape index (κ2) is 27.6. The van der Waals surface area contributed by atoms with E-state index < -0.39 is 108 Å². The molecule has 1 saturated heterocycles. The molecule has 0 aliphatic carbocycles. The zero-order chi connectivity index (χ0) is 55.1. The number of aliphatic carboxylic acids is 1. The lowest BCUT2D eigenvalue weighted by Crippen LogP contribution is -2.62. The molecule has 2 aromatic heterocycles. The maximum atomic E-state index is 14.8. The molecule has 0 radical (unpaired) electrons. The molecule has 1 aliphatic rings. The predicted octanol–water partition coefficient (Wildman–Crippen LogP) is -0.526. The quantitative estimate of drug-likeness (QED) is 0.0411. The van der Waals surface area contributed by atoms with Gasteiger partial charge in [0, 0.05) is 58.5 Å². The summed E-state index contributed by atoms with van der Waals surface area (Å²) >= 11 is 0. The van der Waals surface area contributed by atoms with Gasteiger partial charge in [0.05, 0.1) is 18.2 Å². The van der Waals surface area contributed by atoms with E-state index in [1.807, 2.05) is 42.5 Å². The number of carboxylic acid groups (broad SMARTS) is 1. The van der Waals surface area contributed by atoms with Crippen molar-refractivity contribution < 1.29 is 58.8 Å². The lowest BCUT2D eigenvalue weighted by atomic mass is 10.0. The van der Waals surface area contributed by atoms with Gasteiger partial charge in [0.2, 0.25) is 41.4 Å². The van der Waals surface area contributed by atoms with Crippen molar-refractivity contribution in [2.24, 2.45) is 11.5 Å². The van der Waals surface area contributed by atoms with Crippen molar-refractivity contribution in [1.29, 1.82) is 0 Å². The number of aromatic hydroxyl groups is 1. The van der Waals surface area contributed by atoms with Gasteiger partial charge < -0.3 is 79.1 Å². The van der Waals surface area contributed by atoms with E-state index >= 15 is 0 Å². The molecule has 7 amide bonds. The Morgan fingerprint density at radius 2 is 1.26 bits per heavy atom. The zero-order valence-corrected chi connectivity index (χ0v) is 43.4. The second-order valence-corrected chi connectivity index (χ2v) is 21.1. The highest BCUT2D eigenvalue weighted by molar-refractivity contribution is 8.76. The van der Waals surface area contributed by atoms with Crippen molar-refractivity contribution in [2.45, 2.75) is 113 Å². The SMILES string of the molecule is C[C@@H](O)[C@H](NC(=O)[C@@H]1CSSC[C@H](NC(=O)[C@H](N)Cc2c[nH]c3ccccc23)C(=O)N[C@@H](Cc2ccc(O)cc2)C(=O)N[C@H](Cc2c[nH]c3ccccc23)C(=O)N[C@@H](CCCCN)C(=O)N[C@@H]([C@@H](C)O)C(=O)N1)C(=O)O. The average Bonchev–Trinajstić information content (AvgIpc) is 4.00. The molecule has 0 saturated carbocycles. The van der Waals surface area contributed by atoms with E-state index in [1.54, 1.807) is 18.5 Å². The highest BCUT2D eigenvalue weighted by Crippen LogP contribution is 2.25. The normalized spacial score (nSPS) is 22.2. The van der Waals surface area contributed by atoms with Crippen LogP contribution in [0.4, 0.5) is 0 Å². The van der Waals surface area contributed by atoms with Crippen LogP contribution < -0.4 is 48.7 Å². The fraction of sp³-hybridized carbons (Fsp3) is 0.412. The summed E-state index contributed by atoms with van der Waals surface area (Å²) in [6.07, 6.45) is 0.618. The molecular formula is C51H65N11O12S2. The number of H-pyrrole nitrogens is 2. The highest BCUT2D eigenvalue weighted by atomic mass is 33.1. The van der Waals surface area contributed by atoms with Gasteiger partial charge in [0.1, 0.15) is 42.0 Å². The summed E-state index contributed by atoms with van der Waals surface area (Å²) in [7, 11) is 1.86. The first-order valence-electron chi connectivity index (χ1n) is 24.6. The Hall–Kier alpha value is -7.16. The zero-order valence-electron chi connectivity index (χ0n) is 41.7. The third-order valence-electron chi connectivity index (χ3n) is 12.7. The summed E-state index contributed by atoms with van der Waals surface area (Å²) in [5, 5.41) is 60.6. The van der Waals surface area contributed by atoms with Crippen LogP contribution in [0.25, 0.3) is 21.8 Å². The van der Waals surface area contributed by atoms with E-state index in [4.69, 9.17) is 11.5 Å². The van der Waals surface area contributed by atoms with Crippen LogP contribution in [0.15, 0.2) is 85.2 Å². The number of amides is 7. The Bertz CT molecular complexity index is 2840. The topological polar surface area (TPSA) is 385 Å². The molecule has 5 aromatic rings. The smallest absolute Gasteiger partial charge is 0.328 e. The number of carbonyl (C=O) groups is 8. The van der Waals surface area contributed by atoms with Crippen molar-refractivity contribution in [2.75, 3.05) is 18.1 Å². The molecule has 408 valence electrons. The third-order valence-corrected chi connectivity index (χ3v) is 15.1. The maximum Gasteiger partial charge on any atom is 0.328 e. The Morgan fingerprint density at radius 3 is 1.88 bits per heavy atom. The number of hydrogen-bond donors (Lipinski definition) is 15. The highest BCUT2D eigenvalue weighted by Gasteiger charge is 2.37. The van der Waals surface area contributed by atoms with Crippen LogP contribution in [0.3, 0.4) is 0 Å². The summed E-state index contributed by atoms with van der Waals surface area (Å²) in [4.78, 5) is 119. The van der Waals surface area contributed by atoms with Crippen molar-refractivity contribution in [3.8, 4) is 5.75 Å². The van der Waals surface area contributed by atoms with Crippen LogP contribution in [-0.4, -0.2) is 156 Å². The minimum Gasteiger partial charge on any atom is -0.508 e. The Kier molecular flexibility index (Phi) is 21.1. The van der Waals surface area contributed by atoms with E-state index in [0.29, 0.717) is 24.0 Å². The van der Waals surface area contributed by atoms with Crippen molar-refractivity contribution in [1.82, 2.24) is 47.2 Å². The number of para-hydroxylation sites is 2. The van der Waals surface area contributed by atoms with Gasteiger partial charge in [0.15, 0.2) is 6.04 Å². The van der Waals surface area contributed by atoms with E-state index in [1.165, 1.54) is 31.2 Å². The minimum absolute atomic E-state index is 0.0242. The number of aliphatic hydroxyl groups excluding tert-OH is 2. The van der Waals surface area contributed by atoms with Crippen LogP contribution in [0.2, 0.25) is 0 Å².